The molecule has 0 radical (unpaired) electrons. The van der Waals surface area contributed by atoms with Gasteiger partial charge in [-0.15, -0.1) is 0 Å². The summed E-state index contributed by atoms with van der Waals surface area (Å²) in [7, 11) is 0. The maximum atomic E-state index is 12.6. The lowest BCUT2D eigenvalue weighted by molar-refractivity contribution is 0.0623. The molecule has 6 nitrogen and oxygen atoms in total. The normalized spacial score (nSPS) is 16.3. The van der Waals surface area contributed by atoms with E-state index in [4.69, 9.17) is 5.84 Å². The molecule has 1 aromatic heterocycles. The SMILES string of the molecule is Cc1cc(C(=O)N2CCN(CC(C)C)CC2)cc(NN)n1. The van der Waals surface area contributed by atoms with Gasteiger partial charge in [-0.3, -0.25) is 9.69 Å². The number of nitrogens with two attached hydrogens (primary N) is 1. The van der Waals surface area contributed by atoms with Crippen molar-refractivity contribution in [1.82, 2.24) is 14.8 Å². The highest BCUT2D eigenvalue weighted by Crippen LogP contribution is 2.14. The number of carbonyl (C=O) groups excluding carboxylic acids is 1. The predicted molar refractivity (Wildman–Crippen MR) is 84.0 cm³/mol. The quantitative estimate of drug-likeness (QED) is 0.641. The molecule has 1 aliphatic rings. The van der Waals surface area contributed by atoms with E-state index in [0.29, 0.717) is 17.3 Å². The van der Waals surface area contributed by atoms with Gasteiger partial charge in [0, 0.05) is 44.0 Å². The third kappa shape index (κ3) is 4.15. The van der Waals surface area contributed by atoms with E-state index in [1.54, 1.807) is 6.07 Å². The van der Waals surface area contributed by atoms with Crippen molar-refractivity contribution in [3.8, 4) is 0 Å². The monoisotopic (exact) mass is 291 g/mol. The number of hydrogen-bond donors (Lipinski definition) is 2. The van der Waals surface area contributed by atoms with E-state index in [9.17, 15) is 4.79 Å². The van der Waals surface area contributed by atoms with E-state index >= 15 is 0 Å². The van der Waals surface area contributed by atoms with Gasteiger partial charge in [0.25, 0.3) is 5.91 Å². The number of pyridine rings is 1. The second kappa shape index (κ2) is 6.87. The van der Waals surface area contributed by atoms with Crippen molar-refractivity contribution in [1.29, 1.82) is 0 Å². The lowest BCUT2D eigenvalue weighted by atomic mass is 10.1. The molecule has 21 heavy (non-hydrogen) atoms. The summed E-state index contributed by atoms with van der Waals surface area (Å²) in [6, 6.07) is 3.51. The topological polar surface area (TPSA) is 74.5 Å². The van der Waals surface area contributed by atoms with Crippen LogP contribution in [-0.4, -0.2) is 53.4 Å². The van der Waals surface area contributed by atoms with Gasteiger partial charge in [-0.05, 0) is 25.0 Å². The average molecular weight is 291 g/mol. The van der Waals surface area contributed by atoms with Crippen LogP contribution in [0.3, 0.4) is 0 Å². The fraction of sp³-hybridized carbons (Fsp3) is 0.600. The van der Waals surface area contributed by atoms with Crippen molar-refractivity contribution in [2.45, 2.75) is 20.8 Å². The standard InChI is InChI=1S/C15H25N5O/c1-11(2)10-19-4-6-20(7-5-19)15(21)13-8-12(3)17-14(9-13)18-16/h8-9,11H,4-7,10,16H2,1-3H3,(H,17,18). The third-order valence-corrected chi connectivity index (χ3v) is 3.63. The summed E-state index contributed by atoms with van der Waals surface area (Å²) in [5, 5.41) is 0. The minimum atomic E-state index is 0.0567. The van der Waals surface area contributed by atoms with Crippen LogP contribution in [0.25, 0.3) is 0 Å². The number of hydrogen-bond acceptors (Lipinski definition) is 5. The van der Waals surface area contributed by atoms with E-state index in [1.165, 1.54) is 0 Å². The Morgan fingerprint density at radius 2 is 2.00 bits per heavy atom. The number of amides is 1. The Morgan fingerprint density at radius 1 is 1.33 bits per heavy atom. The van der Waals surface area contributed by atoms with Crippen molar-refractivity contribution < 1.29 is 4.79 Å². The molecule has 1 aromatic rings. The number of carbonyl (C=O) groups is 1. The van der Waals surface area contributed by atoms with Gasteiger partial charge in [0.05, 0.1) is 0 Å². The number of nitrogens with zero attached hydrogens (tertiary/aromatic N) is 3. The fourth-order valence-electron chi connectivity index (χ4n) is 2.70. The zero-order valence-electron chi connectivity index (χ0n) is 13.1. The van der Waals surface area contributed by atoms with Crippen LogP contribution in [0.2, 0.25) is 0 Å². The molecule has 1 fully saturated rings. The Balaban J connectivity index is 2.00. The molecule has 0 saturated carbocycles. The summed E-state index contributed by atoms with van der Waals surface area (Å²) < 4.78 is 0. The lowest BCUT2D eigenvalue weighted by Crippen LogP contribution is -2.49. The van der Waals surface area contributed by atoms with Crippen LogP contribution in [0.1, 0.15) is 29.9 Å². The molecule has 0 aliphatic carbocycles. The maximum Gasteiger partial charge on any atom is 0.254 e. The number of anilines is 1. The minimum absolute atomic E-state index is 0.0567. The van der Waals surface area contributed by atoms with Crippen molar-refractivity contribution in [3.05, 3.63) is 23.4 Å². The maximum absolute atomic E-state index is 12.6. The predicted octanol–water partition coefficient (Wildman–Crippen LogP) is 1.09. The van der Waals surface area contributed by atoms with Gasteiger partial charge in [0.2, 0.25) is 0 Å². The van der Waals surface area contributed by atoms with Crippen LogP contribution < -0.4 is 11.3 Å². The average Bonchev–Trinajstić information content (AvgIpc) is 2.46. The third-order valence-electron chi connectivity index (χ3n) is 3.63. The molecule has 2 heterocycles. The number of aromatic nitrogens is 1. The largest absolute Gasteiger partial charge is 0.336 e. The summed E-state index contributed by atoms with van der Waals surface area (Å²) in [6.45, 7) is 10.8. The van der Waals surface area contributed by atoms with Crippen molar-refractivity contribution in [3.63, 3.8) is 0 Å². The molecular formula is C15H25N5O. The van der Waals surface area contributed by atoms with Crippen LogP contribution in [0, 0.1) is 12.8 Å². The number of rotatable bonds is 4. The van der Waals surface area contributed by atoms with Crippen LogP contribution in [0.15, 0.2) is 12.1 Å². The van der Waals surface area contributed by atoms with Crippen molar-refractivity contribution in [2.24, 2.45) is 11.8 Å². The first-order chi connectivity index (χ1) is 9.99. The van der Waals surface area contributed by atoms with Crippen molar-refractivity contribution >= 4 is 11.7 Å². The Morgan fingerprint density at radius 3 is 2.57 bits per heavy atom. The molecule has 0 unspecified atom stereocenters. The summed E-state index contributed by atoms with van der Waals surface area (Å²) in [6.07, 6.45) is 0. The van der Waals surface area contributed by atoms with Gasteiger partial charge in [-0.1, -0.05) is 13.8 Å². The van der Waals surface area contributed by atoms with Gasteiger partial charge in [-0.2, -0.15) is 0 Å². The molecule has 6 heteroatoms. The molecular weight excluding hydrogens is 266 g/mol. The van der Waals surface area contributed by atoms with Gasteiger partial charge >= 0.3 is 0 Å². The summed E-state index contributed by atoms with van der Waals surface area (Å²) in [4.78, 5) is 21.1. The molecule has 116 valence electrons. The Bertz CT molecular complexity index is 495. The first kappa shape index (κ1) is 15.7. The molecule has 2 rings (SSSR count). The van der Waals surface area contributed by atoms with Gasteiger partial charge in [0.15, 0.2) is 0 Å². The highest BCUT2D eigenvalue weighted by molar-refractivity contribution is 5.95. The van der Waals surface area contributed by atoms with Crippen LogP contribution >= 0.6 is 0 Å². The summed E-state index contributed by atoms with van der Waals surface area (Å²) in [5.41, 5.74) is 3.94. The van der Waals surface area contributed by atoms with Gasteiger partial charge in [0.1, 0.15) is 5.82 Å². The van der Waals surface area contributed by atoms with E-state index in [0.717, 1.165) is 38.4 Å². The van der Waals surface area contributed by atoms with Crippen LogP contribution in [0.5, 0.6) is 0 Å². The first-order valence-electron chi connectivity index (χ1n) is 7.46. The second-order valence-electron chi connectivity index (χ2n) is 6.01. The molecule has 1 aliphatic heterocycles. The highest BCUT2D eigenvalue weighted by Gasteiger charge is 2.22. The highest BCUT2D eigenvalue weighted by atomic mass is 16.2. The van der Waals surface area contributed by atoms with Crippen LogP contribution in [-0.2, 0) is 0 Å². The smallest absolute Gasteiger partial charge is 0.254 e. The second-order valence-corrected chi connectivity index (χ2v) is 6.01. The Kier molecular flexibility index (Phi) is 5.14. The molecule has 3 N–H and O–H groups in total. The number of hydrazine groups is 1. The zero-order valence-corrected chi connectivity index (χ0v) is 13.1. The summed E-state index contributed by atoms with van der Waals surface area (Å²) in [5.74, 6) is 6.63. The lowest BCUT2D eigenvalue weighted by Gasteiger charge is -2.35. The number of aryl methyl sites for hydroxylation is 1. The molecule has 0 aromatic carbocycles. The van der Waals surface area contributed by atoms with E-state index in [2.05, 4.69) is 29.2 Å². The molecule has 1 amide bonds. The van der Waals surface area contributed by atoms with Crippen LogP contribution in [0.4, 0.5) is 5.82 Å². The molecule has 0 spiro atoms. The number of nitrogen functional groups attached to an aromatic ring is 1. The van der Waals surface area contributed by atoms with Crippen molar-refractivity contribution in [2.75, 3.05) is 38.1 Å². The Labute approximate surface area is 126 Å². The zero-order chi connectivity index (χ0) is 15.4. The van der Waals surface area contributed by atoms with Gasteiger partial charge in [-0.25, -0.2) is 10.8 Å². The molecule has 0 bridgehead atoms. The van der Waals surface area contributed by atoms with E-state index in [-0.39, 0.29) is 5.91 Å². The van der Waals surface area contributed by atoms with E-state index in [1.807, 2.05) is 17.9 Å². The Hall–Kier alpha value is -1.66. The molecule has 1 saturated heterocycles. The summed E-state index contributed by atoms with van der Waals surface area (Å²) >= 11 is 0. The number of piperazine rings is 1. The number of nitrogens with one attached hydrogen (secondary N) is 1. The van der Waals surface area contributed by atoms with E-state index < -0.39 is 0 Å². The fourth-order valence-corrected chi connectivity index (χ4v) is 2.70. The first-order valence-corrected chi connectivity index (χ1v) is 7.46. The molecule has 0 atom stereocenters. The van der Waals surface area contributed by atoms with Gasteiger partial charge < -0.3 is 10.3 Å². The minimum Gasteiger partial charge on any atom is -0.336 e.